The molecule has 190 valence electrons. The van der Waals surface area contributed by atoms with Gasteiger partial charge in [-0.1, -0.05) is 11.6 Å². The number of halogens is 1. The van der Waals surface area contributed by atoms with Gasteiger partial charge in [-0.3, -0.25) is 19.3 Å². The molecule has 0 spiro atoms. The summed E-state index contributed by atoms with van der Waals surface area (Å²) in [5.41, 5.74) is 1.10. The lowest BCUT2D eigenvalue weighted by molar-refractivity contribution is -0.152. The fraction of sp³-hybridized carbons (Fsp3) is 0.417. The average Bonchev–Trinajstić information content (AvgIpc) is 3.45. The Morgan fingerprint density at radius 2 is 2.08 bits per heavy atom. The Balaban J connectivity index is 1.29. The number of ether oxygens (including phenoxy) is 3. The van der Waals surface area contributed by atoms with Crippen molar-refractivity contribution in [2.45, 2.75) is 31.9 Å². The van der Waals surface area contributed by atoms with Gasteiger partial charge < -0.3 is 24.4 Å². The molecule has 0 radical (unpaired) electrons. The van der Waals surface area contributed by atoms with Crippen molar-refractivity contribution in [3.05, 3.63) is 39.5 Å². The van der Waals surface area contributed by atoms with Crippen molar-refractivity contribution in [2.75, 3.05) is 36.1 Å². The summed E-state index contributed by atoms with van der Waals surface area (Å²) in [6, 6.07) is 7.97. The van der Waals surface area contributed by atoms with Crippen LogP contribution in [-0.2, 0) is 19.1 Å². The zero-order chi connectivity index (χ0) is 25.4. The first-order chi connectivity index (χ1) is 17.4. The maximum absolute atomic E-state index is 13.0. The Morgan fingerprint density at radius 3 is 2.83 bits per heavy atom. The van der Waals surface area contributed by atoms with Gasteiger partial charge in [0.05, 0.1) is 28.1 Å². The second kappa shape index (κ2) is 9.98. The number of benzene rings is 1. The average molecular weight is 534 g/mol. The SMILES string of the molecule is CCOC(=O)C1CCCN(c2ccc3c(c2)OC[C@H]2[C@H](CNC(=O)c4ccc(Cl)s4)OC(=O)N32)C1=O. The van der Waals surface area contributed by atoms with E-state index < -0.39 is 30.1 Å². The molecule has 3 aliphatic heterocycles. The lowest BCUT2D eigenvalue weighted by atomic mass is 9.96. The number of thiophene rings is 1. The van der Waals surface area contributed by atoms with Crippen molar-refractivity contribution < 1.29 is 33.4 Å². The van der Waals surface area contributed by atoms with Crippen LogP contribution in [0.15, 0.2) is 30.3 Å². The zero-order valence-corrected chi connectivity index (χ0v) is 21.0. The van der Waals surface area contributed by atoms with Crippen LogP contribution in [0.4, 0.5) is 16.2 Å². The van der Waals surface area contributed by atoms with Crippen molar-refractivity contribution in [3.8, 4) is 5.75 Å². The number of amides is 3. The van der Waals surface area contributed by atoms with E-state index in [0.29, 0.717) is 45.7 Å². The summed E-state index contributed by atoms with van der Waals surface area (Å²) in [5, 5.41) is 2.78. The third-order valence-electron chi connectivity index (χ3n) is 6.40. The predicted molar refractivity (Wildman–Crippen MR) is 132 cm³/mol. The molecule has 10 nitrogen and oxygen atoms in total. The molecule has 1 N–H and O–H groups in total. The molecule has 12 heteroatoms. The molecule has 1 unspecified atom stereocenters. The van der Waals surface area contributed by atoms with Crippen LogP contribution >= 0.6 is 22.9 Å². The van der Waals surface area contributed by atoms with E-state index in [1.807, 2.05) is 0 Å². The molecule has 0 saturated carbocycles. The number of carbonyl (C=O) groups excluding carboxylic acids is 4. The summed E-state index contributed by atoms with van der Waals surface area (Å²) in [6.07, 6.45) is -0.0153. The molecule has 3 amide bonds. The molecule has 3 aliphatic rings. The highest BCUT2D eigenvalue weighted by atomic mass is 35.5. The molecular weight excluding hydrogens is 510 g/mol. The van der Waals surface area contributed by atoms with Crippen LogP contribution < -0.4 is 19.9 Å². The molecule has 5 rings (SSSR count). The third kappa shape index (κ3) is 4.48. The van der Waals surface area contributed by atoms with E-state index in [-0.39, 0.29) is 31.6 Å². The van der Waals surface area contributed by atoms with Gasteiger partial charge in [-0.15, -0.1) is 11.3 Å². The summed E-state index contributed by atoms with van der Waals surface area (Å²) >= 11 is 7.06. The number of nitrogens with one attached hydrogen (secondary N) is 1. The van der Waals surface area contributed by atoms with Crippen LogP contribution in [0, 0.1) is 5.92 Å². The molecule has 1 aromatic carbocycles. The predicted octanol–water partition coefficient (Wildman–Crippen LogP) is 3.22. The van der Waals surface area contributed by atoms with Crippen molar-refractivity contribution in [1.82, 2.24) is 5.32 Å². The normalized spacial score (nSPS) is 22.9. The van der Waals surface area contributed by atoms with Crippen LogP contribution in [0.5, 0.6) is 5.75 Å². The number of rotatable bonds is 6. The Kier molecular flexibility index (Phi) is 6.76. The van der Waals surface area contributed by atoms with Gasteiger partial charge in [-0.05, 0) is 44.0 Å². The summed E-state index contributed by atoms with van der Waals surface area (Å²) < 4.78 is 17.1. The van der Waals surface area contributed by atoms with Gasteiger partial charge in [0.1, 0.15) is 30.4 Å². The number of anilines is 2. The van der Waals surface area contributed by atoms with Crippen LogP contribution in [0.2, 0.25) is 4.34 Å². The number of piperidine rings is 1. The summed E-state index contributed by atoms with van der Waals surface area (Å²) in [6.45, 7) is 2.68. The molecule has 0 aliphatic carbocycles. The number of cyclic esters (lactones) is 1. The molecular formula is C24H24ClN3O7S. The minimum atomic E-state index is -0.824. The van der Waals surface area contributed by atoms with E-state index >= 15 is 0 Å². The second-order valence-electron chi connectivity index (χ2n) is 8.57. The lowest BCUT2D eigenvalue weighted by Crippen LogP contribution is -2.48. The largest absolute Gasteiger partial charge is 0.489 e. The number of hydrogen-bond acceptors (Lipinski definition) is 8. The van der Waals surface area contributed by atoms with Crippen LogP contribution in [-0.4, -0.2) is 62.3 Å². The first-order valence-corrected chi connectivity index (χ1v) is 12.8. The van der Waals surface area contributed by atoms with E-state index in [2.05, 4.69) is 5.32 Å². The van der Waals surface area contributed by atoms with E-state index in [9.17, 15) is 19.2 Å². The zero-order valence-electron chi connectivity index (χ0n) is 19.4. The number of esters is 1. The quantitative estimate of drug-likeness (QED) is 0.448. The number of fused-ring (bicyclic) bond motifs is 3. The fourth-order valence-electron chi connectivity index (χ4n) is 4.67. The Hall–Kier alpha value is -3.31. The minimum absolute atomic E-state index is 0.121. The number of nitrogens with zero attached hydrogens (tertiary/aromatic N) is 2. The molecule has 2 saturated heterocycles. The van der Waals surface area contributed by atoms with E-state index in [1.165, 1.54) is 16.2 Å². The van der Waals surface area contributed by atoms with Gasteiger partial charge in [0, 0.05) is 18.3 Å². The van der Waals surface area contributed by atoms with E-state index in [1.54, 1.807) is 42.2 Å². The summed E-state index contributed by atoms with van der Waals surface area (Å²) in [7, 11) is 0. The van der Waals surface area contributed by atoms with Gasteiger partial charge in [-0.2, -0.15) is 0 Å². The highest BCUT2D eigenvalue weighted by molar-refractivity contribution is 7.18. The fourth-order valence-corrected chi connectivity index (χ4v) is 5.63. The van der Waals surface area contributed by atoms with Gasteiger partial charge in [0.2, 0.25) is 5.91 Å². The Labute approximate surface area is 216 Å². The van der Waals surface area contributed by atoms with Gasteiger partial charge in [-0.25, -0.2) is 4.79 Å². The minimum Gasteiger partial charge on any atom is -0.489 e. The first kappa shape index (κ1) is 24.4. The van der Waals surface area contributed by atoms with Crippen molar-refractivity contribution in [2.24, 2.45) is 5.92 Å². The third-order valence-corrected chi connectivity index (χ3v) is 7.63. The number of hydrogen-bond donors (Lipinski definition) is 1. The van der Waals surface area contributed by atoms with Crippen molar-refractivity contribution in [1.29, 1.82) is 0 Å². The molecule has 3 atom stereocenters. The Bertz CT molecular complexity index is 1220. The lowest BCUT2D eigenvalue weighted by Gasteiger charge is -2.34. The standard InChI is InChI=1S/C24H24ClN3O7S/c1-2-33-23(31)14-4-3-9-27(22(14)30)13-5-6-15-17(10-13)34-12-16-18(35-24(32)28(15)16)11-26-21(29)19-7-8-20(25)36-19/h5-8,10,14,16,18H,2-4,9,11-12H2,1H3,(H,26,29)/t14?,16-,18-/m0/s1. The molecule has 2 aromatic rings. The first-order valence-electron chi connectivity index (χ1n) is 11.7. The maximum Gasteiger partial charge on any atom is 0.415 e. The molecule has 2 fully saturated rings. The number of carbonyl (C=O) groups is 4. The Morgan fingerprint density at radius 1 is 1.25 bits per heavy atom. The topological polar surface area (TPSA) is 114 Å². The molecule has 36 heavy (non-hydrogen) atoms. The van der Waals surface area contributed by atoms with Gasteiger partial charge >= 0.3 is 12.1 Å². The maximum atomic E-state index is 13.0. The second-order valence-corrected chi connectivity index (χ2v) is 10.3. The van der Waals surface area contributed by atoms with Crippen molar-refractivity contribution >= 4 is 58.2 Å². The highest BCUT2D eigenvalue weighted by Crippen LogP contribution is 2.41. The monoisotopic (exact) mass is 533 g/mol. The van der Waals surface area contributed by atoms with Crippen LogP contribution in [0.25, 0.3) is 0 Å². The van der Waals surface area contributed by atoms with Crippen LogP contribution in [0.1, 0.15) is 29.4 Å². The molecule has 4 heterocycles. The smallest absolute Gasteiger partial charge is 0.415 e. The summed E-state index contributed by atoms with van der Waals surface area (Å²) in [4.78, 5) is 53.8. The summed E-state index contributed by atoms with van der Waals surface area (Å²) in [5.74, 6) is -1.50. The highest BCUT2D eigenvalue weighted by Gasteiger charge is 2.47. The molecule has 1 aromatic heterocycles. The van der Waals surface area contributed by atoms with E-state index in [4.69, 9.17) is 25.8 Å². The van der Waals surface area contributed by atoms with E-state index in [0.717, 1.165) is 0 Å². The van der Waals surface area contributed by atoms with Crippen LogP contribution in [0.3, 0.4) is 0 Å². The molecule has 0 bridgehead atoms. The van der Waals surface area contributed by atoms with Gasteiger partial charge in [0.25, 0.3) is 5.91 Å². The van der Waals surface area contributed by atoms with Crippen molar-refractivity contribution in [3.63, 3.8) is 0 Å². The van der Waals surface area contributed by atoms with Gasteiger partial charge in [0.15, 0.2) is 0 Å².